The van der Waals surface area contributed by atoms with Crippen LogP contribution in [0.2, 0.25) is 0 Å². The predicted molar refractivity (Wildman–Crippen MR) is 138 cm³/mol. The van der Waals surface area contributed by atoms with Gasteiger partial charge in [0.2, 0.25) is 5.95 Å². The molecule has 180 valence electrons. The average Bonchev–Trinajstić information content (AvgIpc) is 3.63. The number of benzene rings is 2. The summed E-state index contributed by atoms with van der Waals surface area (Å²) in [5.74, 6) is 2.00. The minimum atomic E-state index is 0.0335. The number of hydrogen-bond acceptors (Lipinski definition) is 6. The van der Waals surface area contributed by atoms with Gasteiger partial charge in [0.1, 0.15) is 11.3 Å². The Kier molecular flexibility index (Phi) is 5.40. The summed E-state index contributed by atoms with van der Waals surface area (Å²) in [6.07, 6.45) is 4.13. The van der Waals surface area contributed by atoms with Crippen molar-refractivity contribution in [1.82, 2.24) is 29.7 Å². The van der Waals surface area contributed by atoms with E-state index >= 15 is 0 Å². The maximum Gasteiger partial charge on any atom is 0.256 e. The molecule has 0 spiro atoms. The van der Waals surface area contributed by atoms with Gasteiger partial charge in [-0.15, -0.1) is 0 Å². The average molecular weight is 470 g/mol. The standard InChI is InChI=1S/C27H31N7O/c1-16(2)33-9-11-34(12-10-33)26(35)21-13-20(14-22-24(21)31-25(30-22)18-7-8-18)29-27-28-15-19-6-4-5-17(3)23(19)32-27/h4-6,13-16,18H,7-12H2,1-3H3,(H,30,31)(H,28,29,32). The predicted octanol–water partition coefficient (Wildman–Crippen LogP) is 4.60. The van der Waals surface area contributed by atoms with Crippen molar-refractivity contribution in [2.24, 2.45) is 0 Å². The molecule has 2 N–H and O–H groups in total. The van der Waals surface area contributed by atoms with Gasteiger partial charge in [0.15, 0.2) is 0 Å². The van der Waals surface area contributed by atoms with Crippen molar-refractivity contribution in [3.05, 3.63) is 53.5 Å². The van der Waals surface area contributed by atoms with E-state index < -0.39 is 0 Å². The summed E-state index contributed by atoms with van der Waals surface area (Å²) in [4.78, 5) is 35.6. The number of carbonyl (C=O) groups is 1. The fourth-order valence-electron chi connectivity index (χ4n) is 4.93. The topological polar surface area (TPSA) is 90.0 Å². The Morgan fingerprint density at radius 3 is 2.63 bits per heavy atom. The van der Waals surface area contributed by atoms with Gasteiger partial charge in [0.05, 0.1) is 16.6 Å². The van der Waals surface area contributed by atoms with Crippen LogP contribution in [-0.4, -0.2) is 67.9 Å². The van der Waals surface area contributed by atoms with Crippen LogP contribution in [0, 0.1) is 6.92 Å². The van der Waals surface area contributed by atoms with Gasteiger partial charge in [0.25, 0.3) is 5.91 Å². The second-order valence-electron chi connectivity index (χ2n) is 10.1. The smallest absolute Gasteiger partial charge is 0.256 e. The number of imidazole rings is 1. The van der Waals surface area contributed by atoms with E-state index in [-0.39, 0.29) is 5.91 Å². The molecule has 8 nitrogen and oxygen atoms in total. The fraction of sp³-hybridized carbons (Fsp3) is 0.407. The minimum Gasteiger partial charge on any atom is -0.342 e. The van der Waals surface area contributed by atoms with Crippen molar-refractivity contribution in [2.75, 3.05) is 31.5 Å². The molecule has 2 aromatic heterocycles. The highest BCUT2D eigenvalue weighted by atomic mass is 16.2. The van der Waals surface area contributed by atoms with Crippen molar-refractivity contribution >= 4 is 39.5 Å². The first-order chi connectivity index (χ1) is 17.0. The Bertz CT molecular complexity index is 1410. The molecule has 8 heteroatoms. The van der Waals surface area contributed by atoms with E-state index in [2.05, 4.69) is 34.0 Å². The lowest BCUT2D eigenvalue weighted by molar-refractivity contribution is 0.0597. The van der Waals surface area contributed by atoms with E-state index in [1.165, 1.54) is 0 Å². The summed E-state index contributed by atoms with van der Waals surface area (Å²) in [7, 11) is 0. The number of aryl methyl sites for hydroxylation is 1. The van der Waals surface area contributed by atoms with Crippen LogP contribution in [0.5, 0.6) is 0 Å². The SMILES string of the molecule is Cc1cccc2cnc(Nc3cc(C(=O)N4CCN(C(C)C)CC4)c4nc(C5CC5)[nH]c4c3)nc12. The number of aromatic amines is 1. The van der Waals surface area contributed by atoms with Crippen LogP contribution in [-0.2, 0) is 0 Å². The van der Waals surface area contributed by atoms with E-state index in [1.54, 1.807) is 0 Å². The largest absolute Gasteiger partial charge is 0.342 e. The van der Waals surface area contributed by atoms with Crippen LogP contribution in [0.1, 0.15) is 54.4 Å². The number of aromatic nitrogens is 4. The Morgan fingerprint density at radius 1 is 1.09 bits per heavy atom. The summed E-state index contributed by atoms with van der Waals surface area (Å²) in [6, 6.07) is 10.5. The third kappa shape index (κ3) is 4.23. The first-order valence-electron chi connectivity index (χ1n) is 12.5. The second-order valence-corrected chi connectivity index (χ2v) is 10.1. The first kappa shape index (κ1) is 22.0. The normalized spacial score (nSPS) is 17.0. The molecule has 6 rings (SSSR count). The maximum absolute atomic E-state index is 13.7. The number of fused-ring (bicyclic) bond motifs is 2. The van der Waals surface area contributed by atoms with Gasteiger partial charge in [-0.3, -0.25) is 9.69 Å². The Balaban J connectivity index is 1.35. The van der Waals surface area contributed by atoms with Crippen molar-refractivity contribution < 1.29 is 4.79 Å². The lowest BCUT2D eigenvalue weighted by Gasteiger charge is -2.37. The summed E-state index contributed by atoms with van der Waals surface area (Å²) in [5, 5.41) is 4.35. The van der Waals surface area contributed by atoms with Crippen LogP contribution < -0.4 is 5.32 Å². The molecule has 35 heavy (non-hydrogen) atoms. The zero-order valence-corrected chi connectivity index (χ0v) is 20.5. The number of para-hydroxylation sites is 1. The van der Waals surface area contributed by atoms with Gasteiger partial charge in [-0.25, -0.2) is 15.0 Å². The molecule has 3 heterocycles. The molecule has 0 unspecified atom stereocenters. The number of piperazine rings is 1. The molecular weight excluding hydrogens is 438 g/mol. The number of nitrogens with zero attached hydrogens (tertiary/aromatic N) is 5. The lowest BCUT2D eigenvalue weighted by atomic mass is 10.1. The summed E-state index contributed by atoms with van der Waals surface area (Å²) >= 11 is 0. The molecule has 4 aromatic rings. The molecule has 0 radical (unpaired) electrons. The van der Waals surface area contributed by atoms with Crippen molar-refractivity contribution in [3.8, 4) is 0 Å². The zero-order valence-electron chi connectivity index (χ0n) is 20.5. The number of anilines is 2. The van der Waals surface area contributed by atoms with Gasteiger partial charge in [-0.2, -0.15) is 0 Å². The number of rotatable bonds is 5. The zero-order chi connectivity index (χ0) is 24.1. The van der Waals surface area contributed by atoms with Gasteiger partial charge in [0, 0.05) is 55.4 Å². The first-order valence-corrected chi connectivity index (χ1v) is 12.5. The summed E-state index contributed by atoms with van der Waals surface area (Å²) < 4.78 is 0. The molecular formula is C27H31N7O. The summed E-state index contributed by atoms with van der Waals surface area (Å²) in [5.41, 5.74) is 5.05. The molecule has 1 saturated carbocycles. The van der Waals surface area contributed by atoms with E-state index in [1.807, 2.05) is 48.4 Å². The van der Waals surface area contributed by atoms with Gasteiger partial charge in [-0.1, -0.05) is 18.2 Å². The lowest BCUT2D eigenvalue weighted by Crippen LogP contribution is -2.50. The molecule has 0 atom stereocenters. The van der Waals surface area contributed by atoms with Crippen LogP contribution in [0.15, 0.2) is 36.5 Å². The molecule has 1 saturated heterocycles. The highest BCUT2D eigenvalue weighted by Crippen LogP contribution is 2.40. The van der Waals surface area contributed by atoms with Crippen LogP contribution in [0.4, 0.5) is 11.6 Å². The van der Waals surface area contributed by atoms with E-state index in [9.17, 15) is 4.79 Å². The van der Waals surface area contributed by atoms with Crippen molar-refractivity contribution in [3.63, 3.8) is 0 Å². The third-order valence-electron chi connectivity index (χ3n) is 7.20. The maximum atomic E-state index is 13.7. The Labute approximate surface area is 204 Å². The number of H-pyrrole nitrogens is 1. The van der Waals surface area contributed by atoms with Crippen molar-refractivity contribution in [2.45, 2.75) is 45.6 Å². The van der Waals surface area contributed by atoms with Crippen molar-refractivity contribution in [1.29, 1.82) is 0 Å². The Hall–Kier alpha value is -3.52. The van der Waals surface area contributed by atoms with E-state index in [0.29, 0.717) is 23.5 Å². The molecule has 1 amide bonds. The second kappa shape index (κ2) is 8.61. The molecule has 2 fully saturated rings. The molecule has 1 aliphatic heterocycles. The van der Waals surface area contributed by atoms with Gasteiger partial charge >= 0.3 is 0 Å². The third-order valence-corrected chi connectivity index (χ3v) is 7.20. The number of amides is 1. The van der Waals surface area contributed by atoms with E-state index in [0.717, 1.165) is 78.0 Å². The summed E-state index contributed by atoms with van der Waals surface area (Å²) in [6.45, 7) is 9.69. The molecule has 0 bridgehead atoms. The van der Waals surface area contributed by atoms with Gasteiger partial charge in [-0.05, 0) is 51.3 Å². The molecule has 2 aromatic carbocycles. The van der Waals surface area contributed by atoms with Gasteiger partial charge < -0.3 is 15.2 Å². The quantitative estimate of drug-likeness (QED) is 0.444. The van der Waals surface area contributed by atoms with Crippen LogP contribution in [0.3, 0.4) is 0 Å². The van der Waals surface area contributed by atoms with Crippen LogP contribution in [0.25, 0.3) is 21.9 Å². The number of nitrogens with one attached hydrogen (secondary N) is 2. The highest BCUT2D eigenvalue weighted by Gasteiger charge is 2.30. The highest BCUT2D eigenvalue weighted by molar-refractivity contribution is 6.06. The van der Waals surface area contributed by atoms with Crippen LogP contribution >= 0.6 is 0 Å². The fourth-order valence-corrected chi connectivity index (χ4v) is 4.93. The van der Waals surface area contributed by atoms with E-state index in [4.69, 9.17) is 9.97 Å². The molecule has 2 aliphatic rings. The number of carbonyl (C=O) groups excluding carboxylic acids is 1. The number of hydrogen-bond donors (Lipinski definition) is 2. The molecule has 1 aliphatic carbocycles. The Morgan fingerprint density at radius 2 is 1.89 bits per heavy atom. The monoisotopic (exact) mass is 469 g/mol. The minimum absolute atomic E-state index is 0.0335.